The normalized spacial score (nSPS) is 19.1. The topological polar surface area (TPSA) is 69.0 Å². The highest BCUT2D eigenvalue weighted by Gasteiger charge is 2.22. The molecule has 1 fully saturated rings. The highest BCUT2D eigenvalue weighted by atomic mass is 16.5. The Morgan fingerprint density at radius 3 is 3.15 bits per heavy atom. The summed E-state index contributed by atoms with van der Waals surface area (Å²) >= 11 is 0. The summed E-state index contributed by atoms with van der Waals surface area (Å²) in [6, 6.07) is 1.89. The first kappa shape index (κ1) is 12.8. The van der Waals surface area contributed by atoms with Gasteiger partial charge in [-0.25, -0.2) is 9.97 Å². The van der Waals surface area contributed by atoms with Crippen molar-refractivity contribution in [2.75, 3.05) is 25.1 Å². The lowest BCUT2D eigenvalue weighted by atomic mass is 9.98. The van der Waals surface area contributed by atoms with Gasteiger partial charge in [-0.2, -0.15) is 0 Å². The third-order valence-electron chi connectivity index (χ3n) is 3.60. The van der Waals surface area contributed by atoms with Crippen LogP contribution in [0.3, 0.4) is 0 Å². The lowest BCUT2D eigenvalue weighted by molar-refractivity contribution is 0.346. The van der Waals surface area contributed by atoms with E-state index in [0.717, 1.165) is 31.9 Å². The Balaban J connectivity index is 1.68. The number of aromatic nitrogens is 5. The van der Waals surface area contributed by atoms with E-state index in [0.29, 0.717) is 11.8 Å². The van der Waals surface area contributed by atoms with Gasteiger partial charge in [-0.1, -0.05) is 5.21 Å². The van der Waals surface area contributed by atoms with Crippen molar-refractivity contribution >= 4 is 5.82 Å². The molecule has 0 aromatic carbocycles. The van der Waals surface area contributed by atoms with E-state index >= 15 is 0 Å². The molecule has 1 aliphatic rings. The fraction of sp³-hybridized carbons (Fsp3) is 0.538. The van der Waals surface area contributed by atoms with Crippen molar-refractivity contribution in [2.45, 2.75) is 19.4 Å². The zero-order valence-corrected chi connectivity index (χ0v) is 11.5. The molecule has 3 heterocycles. The summed E-state index contributed by atoms with van der Waals surface area (Å²) in [4.78, 5) is 10.7. The number of anilines is 1. The van der Waals surface area contributed by atoms with Crippen LogP contribution >= 0.6 is 0 Å². The van der Waals surface area contributed by atoms with Gasteiger partial charge in [0.1, 0.15) is 12.1 Å². The lowest BCUT2D eigenvalue weighted by Gasteiger charge is -2.33. The number of hydrogen-bond donors (Lipinski definition) is 0. The van der Waals surface area contributed by atoms with Gasteiger partial charge in [0.2, 0.25) is 5.88 Å². The van der Waals surface area contributed by atoms with Crippen LogP contribution in [-0.2, 0) is 6.54 Å². The van der Waals surface area contributed by atoms with Crippen molar-refractivity contribution in [1.82, 2.24) is 25.0 Å². The summed E-state index contributed by atoms with van der Waals surface area (Å²) in [6.45, 7) is 2.90. The van der Waals surface area contributed by atoms with Crippen molar-refractivity contribution in [3.63, 3.8) is 0 Å². The molecule has 0 bridgehead atoms. The summed E-state index contributed by atoms with van der Waals surface area (Å²) < 4.78 is 7.06. The Hall–Kier alpha value is -2.18. The second kappa shape index (κ2) is 5.85. The van der Waals surface area contributed by atoms with Crippen LogP contribution in [0.2, 0.25) is 0 Å². The largest absolute Gasteiger partial charge is 0.481 e. The number of nitrogens with zero attached hydrogens (tertiary/aromatic N) is 6. The summed E-state index contributed by atoms with van der Waals surface area (Å²) in [7, 11) is 1.62. The van der Waals surface area contributed by atoms with Crippen LogP contribution in [-0.4, -0.2) is 45.2 Å². The fourth-order valence-electron chi connectivity index (χ4n) is 2.63. The second-order valence-corrected chi connectivity index (χ2v) is 5.00. The van der Waals surface area contributed by atoms with Crippen molar-refractivity contribution in [3.05, 3.63) is 24.8 Å². The second-order valence-electron chi connectivity index (χ2n) is 5.00. The van der Waals surface area contributed by atoms with Crippen LogP contribution in [0.5, 0.6) is 5.88 Å². The number of rotatable bonds is 4. The summed E-state index contributed by atoms with van der Waals surface area (Å²) in [5, 5.41) is 7.89. The average Bonchev–Trinajstić information content (AvgIpc) is 3.00. The monoisotopic (exact) mass is 274 g/mol. The molecule has 106 valence electrons. The molecule has 1 saturated heterocycles. The van der Waals surface area contributed by atoms with Crippen molar-refractivity contribution in [3.8, 4) is 5.88 Å². The van der Waals surface area contributed by atoms with Crippen LogP contribution in [0.15, 0.2) is 24.8 Å². The first-order chi connectivity index (χ1) is 9.85. The number of hydrogen-bond acceptors (Lipinski definition) is 6. The Morgan fingerprint density at radius 2 is 2.35 bits per heavy atom. The van der Waals surface area contributed by atoms with Crippen molar-refractivity contribution in [1.29, 1.82) is 0 Å². The Morgan fingerprint density at radius 1 is 1.40 bits per heavy atom. The number of piperidine rings is 1. The molecule has 1 aliphatic heterocycles. The van der Waals surface area contributed by atoms with Gasteiger partial charge in [0.15, 0.2) is 0 Å². The van der Waals surface area contributed by atoms with E-state index in [1.807, 2.05) is 16.9 Å². The molecule has 20 heavy (non-hydrogen) atoms. The minimum atomic E-state index is 0.561. The summed E-state index contributed by atoms with van der Waals surface area (Å²) in [6.07, 6.45) is 7.54. The van der Waals surface area contributed by atoms with Crippen LogP contribution < -0.4 is 9.64 Å². The van der Waals surface area contributed by atoms with Crippen LogP contribution in [0, 0.1) is 5.92 Å². The minimum Gasteiger partial charge on any atom is -0.481 e. The molecule has 1 atom stereocenters. The van der Waals surface area contributed by atoms with Gasteiger partial charge in [0.25, 0.3) is 0 Å². The molecule has 7 heteroatoms. The highest BCUT2D eigenvalue weighted by molar-refractivity contribution is 5.41. The molecular weight excluding hydrogens is 256 g/mol. The van der Waals surface area contributed by atoms with Gasteiger partial charge in [0, 0.05) is 31.9 Å². The van der Waals surface area contributed by atoms with Gasteiger partial charge in [0.05, 0.1) is 13.3 Å². The van der Waals surface area contributed by atoms with Gasteiger partial charge in [-0.05, 0) is 18.8 Å². The standard InChI is InChI=1S/C13H18N6O/c1-20-13-7-12(14-10-15-13)18-5-2-3-11(8-18)9-19-6-4-16-17-19/h4,6-7,10-11H,2-3,5,8-9H2,1H3. The zero-order valence-electron chi connectivity index (χ0n) is 11.5. The van der Waals surface area contributed by atoms with E-state index in [2.05, 4.69) is 25.2 Å². The third kappa shape index (κ3) is 2.87. The Labute approximate surface area is 117 Å². The predicted octanol–water partition coefficient (Wildman–Crippen LogP) is 0.993. The third-order valence-corrected chi connectivity index (χ3v) is 3.60. The molecule has 0 saturated carbocycles. The SMILES string of the molecule is COc1cc(N2CCCC(Cn3ccnn3)C2)ncn1. The maximum atomic E-state index is 5.16. The molecule has 0 amide bonds. The van der Waals surface area contributed by atoms with Crippen LogP contribution in [0.4, 0.5) is 5.82 Å². The fourth-order valence-corrected chi connectivity index (χ4v) is 2.63. The van der Waals surface area contributed by atoms with Gasteiger partial charge >= 0.3 is 0 Å². The first-order valence-electron chi connectivity index (χ1n) is 6.80. The van der Waals surface area contributed by atoms with E-state index in [1.165, 1.54) is 6.42 Å². The predicted molar refractivity (Wildman–Crippen MR) is 73.5 cm³/mol. The molecule has 2 aromatic rings. The molecule has 0 spiro atoms. The number of ether oxygens (including phenoxy) is 1. The van der Waals surface area contributed by atoms with Gasteiger partial charge in [-0.15, -0.1) is 5.10 Å². The lowest BCUT2D eigenvalue weighted by Crippen LogP contribution is -2.37. The maximum Gasteiger partial charge on any atom is 0.218 e. The molecule has 1 unspecified atom stereocenters. The average molecular weight is 274 g/mol. The molecule has 3 rings (SSSR count). The highest BCUT2D eigenvalue weighted by Crippen LogP contribution is 2.23. The quantitative estimate of drug-likeness (QED) is 0.828. The zero-order chi connectivity index (χ0) is 13.8. The maximum absolute atomic E-state index is 5.16. The minimum absolute atomic E-state index is 0.561. The van der Waals surface area contributed by atoms with E-state index in [1.54, 1.807) is 19.6 Å². The molecule has 0 radical (unpaired) electrons. The molecule has 7 nitrogen and oxygen atoms in total. The first-order valence-corrected chi connectivity index (χ1v) is 6.80. The van der Waals surface area contributed by atoms with E-state index < -0.39 is 0 Å². The van der Waals surface area contributed by atoms with Crippen LogP contribution in [0.1, 0.15) is 12.8 Å². The van der Waals surface area contributed by atoms with Crippen molar-refractivity contribution in [2.24, 2.45) is 5.92 Å². The van der Waals surface area contributed by atoms with Crippen molar-refractivity contribution < 1.29 is 4.74 Å². The summed E-state index contributed by atoms with van der Waals surface area (Å²) in [5.74, 6) is 2.10. The van der Waals surface area contributed by atoms with Crippen LogP contribution in [0.25, 0.3) is 0 Å². The molecule has 0 N–H and O–H groups in total. The van der Waals surface area contributed by atoms with Gasteiger partial charge < -0.3 is 9.64 Å². The smallest absolute Gasteiger partial charge is 0.218 e. The van der Waals surface area contributed by atoms with E-state index in [9.17, 15) is 0 Å². The molecule has 2 aromatic heterocycles. The molecule has 0 aliphatic carbocycles. The van der Waals surface area contributed by atoms with E-state index in [4.69, 9.17) is 4.74 Å². The summed E-state index contributed by atoms with van der Waals surface area (Å²) in [5.41, 5.74) is 0. The number of methoxy groups -OCH3 is 1. The van der Waals surface area contributed by atoms with Gasteiger partial charge in [-0.3, -0.25) is 4.68 Å². The molecular formula is C13H18N6O. The van der Waals surface area contributed by atoms with E-state index in [-0.39, 0.29) is 0 Å². The Kier molecular flexibility index (Phi) is 3.76. The Bertz CT molecular complexity index is 544.